The van der Waals surface area contributed by atoms with E-state index < -0.39 is 16.1 Å². The molecule has 3 amide bonds. The van der Waals surface area contributed by atoms with Crippen LogP contribution >= 0.6 is 0 Å². The fourth-order valence-electron chi connectivity index (χ4n) is 4.01. The van der Waals surface area contributed by atoms with Gasteiger partial charge in [0.2, 0.25) is 15.9 Å². The highest BCUT2D eigenvalue weighted by Crippen LogP contribution is 2.24. The third-order valence-electron chi connectivity index (χ3n) is 5.58. The molecule has 28 heavy (non-hydrogen) atoms. The van der Waals surface area contributed by atoms with Crippen LogP contribution in [0.15, 0.2) is 23.1 Å². The van der Waals surface area contributed by atoms with Crippen LogP contribution in [-0.2, 0) is 14.8 Å². The summed E-state index contributed by atoms with van der Waals surface area (Å²) in [7, 11) is -3.58. The number of primary amides is 1. The number of piperidine rings is 1. The first kappa shape index (κ1) is 20.6. The van der Waals surface area contributed by atoms with Crippen LogP contribution in [0, 0.1) is 19.8 Å². The first-order chi connectivity index (χ1) is 13.2. The third kappa shape index (κ3) is 4.15. The second-order valence-electron chi connectivity index (χ2n) is 7.62. The third-order valence-corrected chi connectivity index (χ3v) is 7.64. The number of aryl methyl sites for hydroxylation is 2. The Morgan fingerprint density at radius 3 is 2.32 bits per heavy atom. The van der Waals surface area contributed by atoms with Gasteiger partial charge in [-0.1, -0.05) is 17.7 Å². The van der Waals surface area contributed by atoms with Crippen LogP contribution in [0.4, 0.5) is 4.79 Å². The molecular weight excluding hydrogens is 380 g/mol. The molecule has 2 aliphatic rings. The van der Waals surface area contributed by atoms with Crippen LogP contribution < -0.4 is 5.73 Å². The van der Waals surface area contributed by atoms with Gasteiger partial charge >= 0.3 is 6.03 Å². The summed E-state index contributed by atoms with van der Waals surface area (Å²) < 4.78 is 27.4. The van der Waals surface area contributed by atoms with Crippen LogP contribution in [0.2, 0.25) is 0 Å². The van der Waals surface area contributed by atoms with Crippen LogP contribution in [0.5, 0.6) is 0 Å². The number of hydrogen-bond donors (Lipinski definition) is 1. The van der Waals surface area contributed by atoms with Crippen LogP contribution in [0.3, 0.4) is 0 Å². The molecule has 1 atom stereocenters. The van der Waals surface area contributed by atoms with Crippen molar-refractivity contribution in [3.05, 3.63) is 29.3 Å². The van der Waals surface area contributed by atoms with Crippen LogP contribution in [0.1, 0.15) is 24.0 Å². The Morgan fingerprint density at radius 1 is 1.04 bits per heavy atom. The van der Waals surface area contributed by atoms with E-state index in [0.717, 1.165) is 24.0 Å². The fraction of sp³-hybridized carbons (Fsp3) is 0.579. The second kappa shape index (κ2) is 8.08. The maximum atomic E-state index is 13.0. The molecule has 0 aliphatic carbocycles. The van der Waals surface area contributed by atoms with Gasteiger partial charge in [0.25, 0.3) is 0 Å². The summed E-state index contributed by atoms with van der Waals surface area (Å²) in [6.07, 6.45) is 1.48. The van der Waals surface area contributed by atoms with Crippen molar-refractivity contribution >= 4 is 22.0 Å². The molecular formula is C19H28N4O4S. The molecule has 0 spiro atoms. The zero-order valence-corrected chi connectivity index (χ0v) is 17.2. The monoisotopic (exact) mass is 408 g/mol. The molecule has 0 aromatic heterocycles. The number of benzene rings is 1. The van der Waals surface area contributed by atoms with Gasteiger partial charge in [-0.3, -0.25) is 4.79 Å². The minimum absolute atomic E-state index is 0.0190. The smallest absolute Gasteiger partial charge is 0.314 e. The summed E-state index contributed by atoms with van der Waals surface area (Å²) in [6, 6.07) is 4.81. The molecule has 0 radical (unpaired) electrons. The molecule has 8 nitrogen and oxygen atoms in total. The normalized spacial score (nSPS) is 21.6. The van der Waals surface area contributed by atoms with E-state index in [1.165, 1.54) is 9.21 Å². The van der Waals surface area contributed by atoms with Crippen molar-refractivity contribution in [1.82, 2.24) is 14.1 Å². The SMILES string of the molecule is Cc1ccc(S(=O)(=O)N2CCN(C(=O)[C@H]3CCCN(C(N)=O)C3)CC2)c(C)c1. The van der Waals surface area contributed by atoms with E-state index in [4.69, 9.17) is 5.73 Å². The van der Waals surface area contributed by atoms with E-state index in [2.05, 4.69) is 0 Å². The first-order valence-electron chi connectivity index (χ1n) is 9.60. The Labute approximate surface area is 166 Å². The summed E-state index contributed by atoms with van der Waals surface area (Å²) in [5, 5.41) is 0. The van der Waals surface area contributed by atoms with Crippen molar-refractivity contribution in [3.8, 4) is 0 Å². The van der Waals surface area contributed by atoms with Gasteiger partial charge in [0.15, 0.2) is 0 Å². The lowest BCUT2D eigenvalue weighted by atomic mass is 9.96. The number of carbonyl (C=O) groups excluding carboxylic acids is 2. The maximum Gasteiger partial charge on any atom is 0.314 e. The van der Waals surface area contributed by atoms with E-state index in [-0.39, 0.29) is 24.9 Å². The lowest BCUT2D eigenvalue weighted by Crippen LogP contribution is -2.54. The van der Waals surface area contributed by atoms with Gasteiger partial charge in [-0.05, 0) is 38.3 Å². The topological polar surface area (TPSA) is 104 Å². The second-order valence-corrected chi connectivity index (χ2v) is 9.53. The van der Waals surface area contributed by atoms with Gasteiger partial charge in [-0.15, -0.1) is 0 Å². The highest BCUT2D eigenvalue weighted by molar-refractivity contribution is 7.89. The van der Waals surface area contributed by atoms with Gasteiger partial charge in [0, 0.05) is 39.3 Å². The van der Waals surface area contributed by atoms with Crippen LogP contribution in [-0.4, -0.2) is 73.7 Å². The fourth-order valence-corrected chi connectivity index (χ4v) is 5.64. The molecule has 2 N–H and O–H groups in total. The Kier molecular flexibility index (Phi) is 5.95. The van der Waals surface area contributed by atoms with Crippen molar-refractivity contribution in [2.45, 2.75) is 31.6 Å². The molecule has 1 aromatic carbocycles. The minimum Gasteiger partial charge on any atom is -0.351 e. The minimum atomic E-state index is -3.58. The number of urea groups is 1. The zero-order chi connectivity index (χ0) is 20.5. The quantitative estimate of drug-likeness (QED) is 0.803. The summed E-state index contributed by atoms with van der Waals surface area (Å²) in [5.41, 5.74) is 7.09. The number of sulfonamides is 1. The standard InChI is InChI=1S/C19H28N4O4S/c1-14-5-6-17(15(2)12-14)28(26,27)23-10-8-21(9-11-23)18(24)16-4-3-7-22(13-16)19(20)25/h5-6,12,16H,3-4,7-11,13H2,1-2H3,(H2,20,25)/t16-/m0/s1. The molecule has 0 unspecified atom stereocenters. The number of likely N-dealkylation sites (tertiary alicyclic amines) is 1. The van der Waals surface area contributed by atoms with E-state index in [0.29, 0.717) is 31.1 Å². The number of amides is 3. The number of carbonyl (C=O) groups is 2. The molecule has 2 saturated heterocycles. The van der Waals surface area contributed by atoms with Crippen LogP contribution in [0.25, 0.3) is 0 Å². The molecule has 154 valence electrons. The summed E-state index contributed by atoms with van der Waals surface area (Å²) in [6.45, 7) is 5.91. The molecule has 3 rings (SSSR count). The summed E-state index contributed by atoms with van der Waals surface area (Å²) in [4.78, 5) is 27.7. The van der Waals surface area contributed by atoms with E-state index in [9.17, 15) is 18.0 Å². The molecule has 2 aliphatic heterocycles. The van der Waals surface area contributed by atoms with Crippen molar-refractivity contribution in [1.29, 1.82) is 0 Å². The number of hydrogen-bond acceptors (Lipinski definition) is 4. The molecule has 2 heterocycles. The largest absolute Gasteiger partial charge is 0.351 e. The Bertz CT molecular complexity index is 863. The molecule has 1 aromatic rings. The van der Waals surface area contributed by atoms with Gasteiger partial charge in [-0.25, -0.2) is 13.2 Å². The van der Waals surface area contributed by atoms with Gasteiger partial charge in [-0.2, -0.15) is 4.31 Å². The number of nitrogens with two attached hydrogens (primary N) is 1. The van der Waals surface area contributed by atoms with Gasteiger partial charge < -0.3 is 15.5 Å². The Hall–Kier alpha value is -2.13. The average Bonchev–Trinajstić information content (AvgIpc) is 2.67. The predicted octanol–water partition coefficient (Wildman–Crippen LogP) is 0.927. The van der Waals surface area contributed by atoms with Crippen molar-refractivity contribution in [2.24, 2.45) is 11.7 Å². The maximum absolute atomic E-state index is 13.0. The van der Waals surface area contributed by atoms with E-state index in [1.54, 1.807) is 24.0 Å². The lowest BCUT2D eigenvalue weighted by Gasteiger charge is -2.38. The highest BCUT2D eigenvalue weighted by Gasteiger charge is 2.35. The zero-order valence-electron chi connectivity index (χ0n) is 16.4. The Morgan fingerprint density at radius 2 is 1.71 bits per heavy atom. The van der Waals surface area contributed by atoms with Crippen molar-refractivity contribution in [3.63, 3.8) is 0 Å². The Balaban J connectivity index is 1.64. The van der Waals surface area contributed by atoms with E-state index >= 15 is 0 Å². The number of piperazine rings is 1. The lowest BCUT2D eigenvalue weighted by molar-refractivity contribution is -0.138. The number of nitrogens with zero attached hydrogens (tertiary/aromatic N) is 3. The average molecular weight is 409 g/mol. The summed E-state index contributed by atoms with van der Waals surface area (Å²) >= 11 is 0. The number of rotatable bonds is 3. The highest BCUT2D eigenvalue weighted by atomic mass is 32.2. The molecule has 0 saturated carbocycles. The molecule has 2 fully saturated rings. The van der Waals surface area contributed by atoms with E-state index in [1.807, 2.05) is 13.0 Å². The predicted molar refractivity (Wildman–Crippen MR) is 105 cm³/mol. The summed E-state index contributed by atoms with van der Waals surface area (Å²) in [5.74, 6) is -0.279. The van der Waals surface area contributed by atoms with Gasteiger partial charge in [0.1, 0.15) is 0 Å². The van der Waals surface area contributed by atoms with Crippen molar-refractivity contribution < 1.29 is 18.0 Å². The molecule has 0 bridgehead atoms. The molecule has 9 heteroatoms. The van der Waals surface area contributed by atoms with Gasteiger partial charge in [0.05, 0.1) is 10.8 Å². The first-order valence-corrected chi connectivity index (χ1v) is 11.0. The van der Waals surface area contributed by atoms with Crippen molar-refractivity contribution in [2.75, 3.05) is 39.3 Å².